The van der Waals surface area contributed by atoms with Crippen LogP contribution in [0.2, 0.25) is 0 Å². The minimum Gasteiger partial charge on any atom is -0.320 e. The van der Waals surface area contributed by atoms with Crippen LogP contribution in [0, 0.1) is 6.92 Å². The first-order valence-electron chi connectivity index (χ1n) is 6.14. The van der Waals surface area contributed by atoms with E-state index in [-0.39, 0.29) is 6.04 Å². The van der Waals surface area contributed by atoms with Crippen LogP contribution in [-0.4, -0.2) is 0 Å². The molecule has 3 aromatic rings. The molecule has 0 aliphatic rings. The molecule has 0 fully saturated rings. The Hall–Kier alpha value is -1.16. The van der Waals surface area contributed by atoms with Gasteiger partial charge < -0.3 is 5.73 Å². The van der Waals surface area contributed by atoms with E-state index in [1.165, 1.54) is 27.5 Å². The molecule has 0 saturated heterocycles. The van der Waals surface area contributed by atoms with E-state index in [1.54, 1.807) is 11.3 Å². The minimum absolute atomic E-state index is 0.0655. The summed E-state index contributed by atoms with van der Waals surface area (Å²) in [6, 6.07) is 12.5. The maximum absolute atomic E-state index is 6.47. The molecule has 96 valence electrons. The SMILES string of the molecule is Cc1cscc1C(N)c1ccc(Br)c2ccccc12. The quantitative estimate of drug-likeness (QED) is 0.700. The average molecular weight is 332 g/mol. The standard InChI is InChI=1S/C16H14BrNS/c1-10-8-19-9-14(10)16(18)13-6-7-15(17)12-5-3-2-4-11(12)13/h2-9,16H,18H2,1H3. The molecular weight excluding hydrogens is 318 g/mol. The van der Waals surface area contributed by atoms with E-state index >= 15 is 0 Å². The van der Waals surface area contributed by atoms with Crippen LogP contribution in [0.1, 0.15) is 22.7 Å². The molecule has 0 aliphatic heterocycles. The lowest BCUT2D eigenvalue weighted by molar-refractivity contribution is 0.877. The van der Waals surface area contributed by atoms with Crippen molar-refractivity contribution in [3.05, 3.63) is 68.3 Å². The predicted octanol–water partition coefficient (Wildman–Crippen LogP) is 5.02. The van der Waals surface area contributed by atoms with E-state index in [2.05, 4.69) is 70.0 Å². The van der Waals surface area contributed by atoms with E-state index in [4.69, 9.17) is 5.73 Å². The molecular formula is C16H14BrNS. The van der Waals surface area contributed by atoms with Gasteiger partial charge in [0.15, 0.2) is 0 Å². The molecule has 0 spiro atoms. The molecule has 1 aromatic heterocycles. The molecule has 1 nitrogen and oxygen atoms in total. The molecule has 1 unspecified atom stereocenters. The first-order chi connectivity index (χ1) is 9.18. The molecule has 0 aliphatic carbocycles. The highest BCUT2D eigenvalue weighted by molar-refractivity contribution is 9.10. The summed E-state index contributed by atoms with van der Waals surface area (Å²) in [6.45, 7) is 2.12. The number of benzene rings is 2. The van der Waals surface area contributed by atoms with Gasteiger partial charge in [-0.25, -0.2) is 0 Å². The lowest BCUT2D eigenvalue weighted by Crippen LogP contribution is -2.12. The van der Waals surface area contributed by atoms with Crippen molar-refractivity contribution in [1.29, 1.82) is 0 Å². The Bertz CT molecular complexity index is 732. The number of nitrogens with two attached hydrogens (primary N) is 1. The fraction of sp³-hybridized carbons (Fsp3) is 0.125. The minimum atomic E-state index is -0.0655. The van der Waals surface area contributed by atoms with Crippen LogP contribution >= 0.6 is 27.3 Å². The van der Waals surface area contributed by atoms with Gasteiger partial charge in [0.25, 0.3) is 0 Å². The first kappa shape index (κ1) is 12.9. The second kappa shape index (κ2) is 5.08. The van der Waals surface area contributed by atoms with Gasteiger partial charge in [-0.3, -0.25) is 0 Å². The van der Waals surface area contributed by atoms with Gasteiger partial charge in [-0.15, -0.1) is 0 Å². The Balaban J connectivity index is 2.21. The molecule has 0 saturated carbocycles. The molecule has 2 N–H and O–H groups in total. The molecule has 3 rings (SSSR count). The van der Waals surface area contributed by atoms with Crippen molar-refractivity contribution < 1.29 is 0 Å². The second-order valence-electron chi connectivity index (χ2n) is 4.67. The van der Waals surface area contributed by atoms with Crippen molar-refractivity contribution in [2.24, 2.45) is 5.73 Å². The lowest BCUT2D eigenvalue weighted by Gasteiger charge is -2.15. The molecule has 1 atom stereocenters. The van der Waals surface area contributed by atoms with E-state index in [9.17, 15) is 0 Å². The maximum atomic E-state index is 6.47. The number of hydrogen-bond donors (Lipinski definition) is 1. The van der Waals surface area contributed by atoms with Crippen LogP contribution in [0.25, 0.3) is 10.8 Å². The molecule has 3 heteroatoms. The first-order valence-corrected chi connectivity index (χ1v) is 7.87. The Labute approximate surface area is 125 Å². The van der Waals surface area contributed by atoms with Gasteiger partial charge in [-0.1, -0.05) is 46.3 Å². The number of fused-ring (bicyclic) bond motifs is 1. The largest absolute Gasteiger partial charge is 0.320 e. The third-order valence-corrected chi connectivity index (χ3v) is 5.04. The molecule has 0 radical (unpaired) electrons. The van der Waals surface area contributed by atoms with Gasteiger partial charge in [-0.2, -0.15) is 11.3 Å². The Morgan fingerprint density at radius 1 is 1.00 bits per heavy atom. The smallest absolute Gasteiger partial charge is 0.0568 e. The summed E-state index contributed by atoms with van der Waals surface area (Å²) in [5.41, 5.74) is 10.1. The second-order valence-corrected chi connectivity index (χ2v) is 6.27. The summed E-state index contributed by atoms with van der Waals surface area (Å²) >= 11 is 5.31. The fourth-order valence-electron chi connectivity index (χ4n) is 2.41. The molecule has 2 aromatic carbocycles. The van der Waals surface area contributed by atoms with Gasteiger partial charge >= 0.3 is 0 Å². The molecule has 19 heavy (non-hydrogen) atoms. The Morgan fingerprint density at radius 3 is 2.42 bits per heavy atom. The zero-order chi connectivity index (χ0) is 13.4. The number of aryl methyl sites for hydroxylation is 1. The van der Waals surface area contributed by atoms with Crippen molar-refractivity contribution in [1.82, 2.24) is 0 Å². The summed E-state index contributed by atoms with van der Waals surface area (Å²) in [5, 5.41) is 6.73. The highest BCUT2D eigenvalue weighted by Crippen LogP contribution is 2.33. The topological polar surface area (TPSA) is 26.0 Å². The van der Waals surface area contributed by atoms with Crippen molar-refractivity contribution in [2.75, 3.05) is 0 Å². The van der Waals surface area contributed by atoms with Gasteiger partial charge in [-0.05, 0) is 51.2 Å². The van der Waals surface area contributed by atoms with E-state index in [1.807, 2.05) is 0 Å². The van der Waals surface area contributed by atoms with E-state index in [0.717, 1.165) is 4.47 Å². The Morgan fingerprint density at radius 2 is 1.74 bits per heavy atom. The fourth-order valence-corrected chi connectivity index (χ4v) is 3.78. The van der Waals surface area contributed by atoms with Gasteiger partial charge in [0, 0.05) is 4.47 Å². The zero-order valence-electron chi connectivity index (χ0n) is 10.6. The maximum Gasteiger partial charge on any atom is 0.0568 e. The normalized spacial score (nSPS) is 12.8. The Kier molecular flexibility index (Phi) is 3.44. The third-order valence-electron chi connectivity index (χ3n) is 3.47. The average Bonchev–Trinajstić information content (AvgIpc) is 2.85. The summed E-state index contributed by atoms with van der Waals surface area (Å²) in [7, 11) is 0. The number of thiophene rings is 1. The summed E-state index contributed by atoms with van der Waals surface area (Å²) in [4.78, 5) is 0. The van der Waals surface area contributed by atoms with Crippen molar-refractivity contribution >= 4 is 38.0 Å². The number of halogens is 1. The molecule has 0 bridgehead atoms. The van der Waals surface area contributed by atoms with E-state index in [0.29, 0.717) is 0 Å². The monoisotopic (exact) mass is 331 g/mol. The van der Waals surface area contributed by atoms with Crippen molar-refractivity contribution in [2.45, 2.75) is 13.0 Å². The van der Waals surface area contributed by atoms with Gasteiger partial charge in [0.05, 0.1) is 6.04 Å². The van der Waals surface area contributed by atoms with Crippen molar-refractivity contribution in [3.63, 3.8) is 0 Å². The zero-order valence-corrected chi connectivity index (χ0v) is 13.0. The van der Waals surface area contributed by atoms with Gasteiger partial charge in [0.1, 0.15) is 0 Å². The van der Waals surface area contributed by atoms with Crippen LogP contribution in [0.15, 0.2) is 51.6 Å². The third kappa shape index (κ3) is 2.22. The highest BCUT2D eigenvalue weighted by Gasteiger charge is 2.15. The lowest BCUT2D eigenvalue weighted by atomic mass is 9.94. The number of rotatable bonds is 2. The molecule has 1 heterocycles. The van der Waals surface area contributed by atoms with Crippen LogP contribution in [0.4, 0.5) is 0 Å². The summed E-state index contributed by atoms with van der Waals surface area (Å²) in [5.74, 6) is 0. The van der Waals surface area contributed by atoms with Crippen LogP contribution in [0.5, 0.6) is 0 Å². The predicted molar refractivity (Wildman–Crippen MR) is 86.7 cm³/mol. The van der Waals surface area contributed by atoms with Crippen LogP contribution in [-0.2, 0) is 0 Å². The highest BCUT2D eigenvalue weighted by atomic mass is 79.9. The van der Waals surface area contributed by atoms with Crippen LogP contribution < -0.4 is 5.73 Å². The number of hydrogen-bond acceptors (Lipinski definition) is 2. The summed E-state index contributed by atoms with van der Waals surface area (Å²) in [6.07, 6.45) is 0. The van der Waals surface area contributed by atoms with Crippen molar-refractivity contribution in [3.8, 4) is 0 Å². The van der Waals surface area contributed by atoms with Gasteiger partial charge in [0.2, 0.25) is 0 Å². The van der Waals surface area contributed by atoms with Crippen LogP contribution in [0.3, 0.4) is 0 Å². The molecule has 0 amide bonds. The summed E-state index contributed by atoms with van der Waals surface area (Å²) < 4.78 is 1.11. The van der Waals surface area contributed by atoms with E-state index < -0.39 is 0 Å².